The zero-order valence-corrected chi connectivity index (χ0v) is 19.1. The van der Waals surface area contributed by atoms with Crippen molar-refractivity contribution in [2.45, 2.75) is 57.1 Å². The van der Waals surface area contributed by atoms with E-state index in [4.69, 9.17) is 4.74 Å². The maximum atomic E-state index is 13.9. The summed E-state index contributed by atoms with van der Waals surface area (Å²) in [7, 11) is 0. The summed E-state index contributed by atoms with van der Waals surface area (Å²) in [5, 5.41) is 10.4. The lowest BCUT2D eigenvalue weighted by Crippen LogP contribution is -2.48. The van der Waals surface area contributed by atoms with Gasteiger partial charge in [-0.05, 0) is 43.4 Å². The minimum absolute atomic E-state index is 0.00164. The number of hydrogen-bond donors (Lipinski definition) is 1. The molecular weight excluding hydrogens is 477 g/mol. The maximum absolute atomic E-state index is 13.9. The van der Waals surface area contributed by atoms with Crippen molar-refractivity contribution in [2.75, 3.05) is 4.43 Å². The van der Waals surface area contributed by atoms with Crippen LogP contribution >= 0.6 is 22.6 Å². The number of alkyl halides is 1. The van der Waals surface area contributed by atoms with E-state index in [0.717, 1.165) is 12.0 Å². The van der Waals surface area contributed by atoms with Crippen LogP contribution in [0.3, 0.4) is 0 Å². The average Bonchev–Trinajstić information content (AvgIpc) is 3.17. The number of aliphatic hydroxyl groups excluding tert-OH is 1. The number of nitrogens with zero attached hydrogens (tertiary/aromatic N) is 1. The van der Waals surface area contributed by atoms with E-state index in [1.165, 1.54) is 11.1 Å². The highest BCUT2D eigenvalue weighted by Crippen LogP contribution is 2.49. The number of benzene rings is 2. The van der Waals surface area contributed by atoms with Crippen molar-refractivity contribution >= 4 is 28.5 Å². The molecule has 0 radical (unpaired) electrons. The van der Waals surface area contributed by atoms with Gasteiger partial charge in [0.2, 0.25) is 5.91 Å². The Kier molecular flexibility index (Phi) is 6.00. The quantitative estimate of drug-likeness (QED) is 0.471. The normalized spacial score (nSPS) is 24.1. The van der Waals surface area contributed by atoms with Crippen LogP contribution in [0.15, 0.2) is 54.6 Å². The minimum atomic E-state index is -0.663. The second-order valence-corrected chi connectivity index (χ2v) is 9.47. The molecule has 5 heteroatoms. The third kappa shape index (κ3) is 4.09. The number of amides is 1. The number of rotatable bonds is 6. The lowest BCUT2D eigenvalue weighted by molar-refractivity contribution is -0.153. The van der Waals surface area contributed by atoms with Gasteiger partial charge >= 0.3 is 0 Å². The van der Waals surface area contributed by atoms with Crippen molar-refractivity contribution in [3.05, 3.63) is 71.3 Å². The van der Waals surface area contributed by atoms with Crippen LogP contribution in [0.25, 0.3) is 0 Å². The molecule has 2 aliphatic rings. The van der Waals surface area contributed by atoms with Crippen LogP contribution in [0.2, 0.25) is 0 Å². The van der Waals surface area contributed by atoms with E-state index in [2.05, 4.69) is 46.9 Å². The third-order valence-electron chi connectivity index (χ3n) is 6.09. The van der Waals surface area contributed by atoms with Crippen LogP contribution in [-0.4, -0.2) is 38.3 Å². The zero-order valence-electron chi connectivity index (χ0n) is 16.9. The molecule has 1 saturated heterocycles. The van der Waals surface area contributed by atoms with Gasteiger partial charge in [-0.1, -0.05) is 77.2 Å². The van der Waals surface area contributed by atoms with Gasteiger partial charge < -0.3 is 14.7 Å². The van der Waals surface area contributed by atoms with Gasteiger partial charge in [0, 0.05) is 16.8 Å². The molecule has 1 N–H and O–H groups in total. The molecule has 1 fully saturated rings. The largest absolute Gasteiger partial charge is 0.392 e. The lowest BCUT2D eigenvalue weighted by Gasteiger charge is -2.37. The standard InChI is InChI=1S/C24H28INO3/c1-24(2)26(22-20-11-7-6-10-17(20)14-21(22)29-24)23(28)18(13-19(27)15-25)12-16-8-4-3-5-9-16/h3-11,18-19,21-22,27H,12-15H2,1-2H3. The maximum Gasteiger partial charge on any atom is 0.228 e. The Bertz CT molecular complexity index is 869. The molecule has 4 atom stereocenters. The van der Waals surface area contributed by atoms with E-state index in [0.29, 0.717) is 17.3 Å². The summed E-state index contributed by atoms with van der Waals surface area (Å²) in [6, 6.07) is 18.4. The first-order chi connectivity index (χ1) is 13.9. The molecule has 1 heterocycles. The molecule has 1 aliphatic heterocycles. The van der Waals surface area contributed by atoms with E-state index < -0.39 is 11.8 Å². The topological polar surface area (TPSA) is 49.8 Å². The molecule has 0 spiro atoms. The Morgan fingerprint density at radius 3 is 2.62 bits per heavy atom. The van der Waals surface area contributed by atoms with E-state index in [-0.39, 0.29) is 24.0 Å². The smallest absolute Gasteiger partial charge is 0.228 e. The minimum Gasteiger partial charge on any atom is -0.392 e. The van der Waals surface area contributed by atoms with Crippen LogP contribution < -0.4 is 0 Å². The van der Waals surface area contributed by atoms with Crippen LogP contribution in [0, 0.1) is 5.92 Å². The van der Waals surface area contributed by atoms with Crippen molar-refractivity contribution < 1.29 is 14.6 Å². The third-order valence-corrected chi connectivity index (χ3v) is 7.11. The van der Waals surface area contributed by atoms with Crippen molar-refractivity contribution in [1.82, 2.24) is 4.90 Å². The second-order valence-electron chi connectivity index (χ2n) is 8.59. The van der Waals surface area contributed by atoms with Crippen LogP contribution in [-0.2, 0) is 22.4 Å². The van der Waals surface area contributed by atoms with E-state index in [1.54, 1.807) is 0 Å². The van der Waals surface area contributed by atoms with E-state index in [9.17, 15) is 9.90 Å². The highest BCUT2D eigenvalue weighted by atomic mass is 127. The van der Waals surface area contributed by atoms with E-state index in [1.807, 2.05) is 49.1 Å². The molecule has 1 amide bonds. The SMILES string of the molecule is CC1(C)OC2Cc3ccccc3C2N1C(=O)C(Cc1ccccc1)CC(O)CI. The van der Waals surface area contributed by atoms with Gasteiger partial charge in [-0.25, -0.2) is 0 Å². The van der Waals surface area contributed by atoms with Crippen LogP contribution in [0.1, 0.15) is 43.0 Å². The van der Waals surface area contributed by atoms with Gasteiger partial charge in [0.1, 0.15) is 5.72 Å². The first kappa shape index (κ1) is 20.8. The second kappa shape index (κ2) is 8.36. The Hall–Kier alpha value is -1.44. The molecule has 2 aromatic rings. The summed E-state index contributed by atoms with van der Waals surface area (Å²) in [5.74, 6) is -0.205. The molecule has 1 aliphatic carbocycles. The number of carbonyl (C=O) groups is 1. The number of aliphatic hydroxyl groups is 1. The predicted molar refractivity (Wildman–Crippen MR) is 122 cm³/mol. The summed E-state index contributed by atoms with van der Waals surface area (Å²) in [5.41, 5.74) is 2.92. The monoisotopic (exact) mass is 505 g/mol. The summed E-state index contributed by atoms with van der Waals surface area (Å²) in [4.78, 5) is 15.9. The van der Waals surface area contributed by atoms with Crippen LogP contribution in [0.4, 0.5) is 0 Å². The summed E-state index contributed by atoms with van der Waals surface area (Å²) in [6.45, 7) is 3.97. The lowest BCUT2D eigenvalue weighted by atomic mass is 9.91. The fourth-order valence-corrected chi connectivity index (χ4v) is 5.23. The molecule has 2 aromatic carbocycles. The fraction of sp³-hybridized carbons (Fsp3) is 0.458. The number of halogens is 1. The molecule has 0 aromatic heterocycles. The molecule has 154 valence electrons. The highest BCUT2D eigenvalue weighted by Gasteiger charge is 2.54. The van der Waals surface area contributed by atoms with Gasteiger partial charge in [-0.15, -0.1) is 0 Å². The van der Waals surface area contributed by atoms with Gasteiger partial charge in [-0.2, -0.15) is 0 Å². The average molecular weight is 505 g/mol. The molecule has 0 bridgehead atoms. The number of ether oxygens (including phenoxy) is 1. The predicted octanol–water partition coefficient (Wildman–Crippen LogP) is 4.29. The van der Waals surface area contributed by atoms with Crippen molar-refractivity contribution in [3.63, 3.8) is 0 Å². The van der Waals surface area contributed by atoms with Gasteiger partial charge in [0.05, 0.1) is 18.2 Å². The first-order valence-corrected chi connectivity index (χ1v) is 11.8. The zero-order chi connectivity index (χ0) is 20.6. The summed E-state index contributed by atoms with van der Waals surface area (Å²) in [6.07, 6.45) is 1.43. The Morgan fingerprint density at radius 2 is 1.90 bits per heavy atom. The highest BCUT2D eigenvalue weighted by molar-refractivity contribution is 14.1. The van der Waals surface area contributed by atoms with Crippen molar-refractivity contribution in [3.8, 4) is 0 Å². The van der Waals surface area contributed by atoms with E-state index >= 15 is 0 Å². The molecular formula is C24H28INO3. The summed E-state index contributed by atoms with van der Waals surface area (Å²) >= 11 is 2.18. The molecule has 4 rings (SSSR count). The molecule has 4 nitrogen and oxygen atoms in total. The Balaban J connectivity index is 1.66. The fourth-order valence-electron chi connectivity index (χ4n) is 4.87. The summed E-state index contributed by atoms with van der Waals surface area (Å²) < 4.78 is 6.98. The number of carbonyl (C=O) groups excluding carboxylic acids is 1. The number of fused-ring (bicyclic) bond motifs is 3. The first-order valence-electron chi connectivity index (χ1n) is 10.3. The Morgan fingerprint density at radius 1 is 1.21 bits per heavy atom. The molecule has 29 heavy (non-hydrogen) atoms. The molecule has 0 saturated carbocycles. The Labute approximate surface area is 186 Å². The van der Waals surface area contributed by atoms with Gasteiger partial charge in [-0.3, -0.25) is 4.79 Å². The van der Waals surface area contributed by atoms with Crippen LogP contribution in [0.5, 0.6) is 0 Å². The van der Waals surface area contributed by atoms with Crippen molar-refractivity contribution in [2.24, 2.45) is 5.92 Å². The van der Waals surface area contributed by atoms with Gasteiger partial charge in [0.25, 0.3) is 0 Å². The van der Waals surface area contributed by atoms with Crippen molar-refractivity contribution in [1.29, 1.82) is 0 Å². The molecule has 4 unspecified atom stereocenters. The van der Waals surface area contributed by atoms with Gasteiger partial charge in [0.15, 0.2) is 0 Å². The number of hydrogen-bond acceptors (Lipinski definition) is 3.